The molecule has 2 aromatic carbocycles. The molecule has 1 atom stereocenters. The van der Waals surface area contributed by atoms with Gasteiger partial charge < -0.3 is 30.3 Å². The molecule has 0 saturated heterocycles. The van der Waals surface area contributed by atoms with Crippen molar-refractivity contribution in [1.29, 1.82) is 0 Å². The fourth-order valence-electron chi connectivity index (χ4n) is 4.28. The maximum Gasteiger partial charge on any atom is 0.415 e. The Balaban J connectivity index is 1.42. The molecular weight excluding hydrogens is 438 g/mol. The predicted molar refractivity (Wildman–Crippen MR) is 127 cm³/mol. The molecule has 2 aliphatic heterocycles. The number of carbonyl (C=O) groups excluding carboxylic acids is 2. The minimum absolute atomic E-state index is 0.0805. The van der Waals surface area contributed by atoms with Gasteiger partial charge in [-0.25, -0.2) is 4.79 Å². The van der Waals surface area contributed by atoms with Gasteiger partial charge in [-0.3, -0.25) is 9.69 Å². The number of β-amino-alcohol motifs (C(OH)–C–C–N with tert-alkyl or cyclic N) is 1. The van der Waals surface area contributed by atoms with Crippen LogP contribution in [0.1, 0.15) is 51.3 Å². The van der Waals surface area contributed by atoms with E-state index in [0.717, 1.165) is 11.3 Å². The third-order valence-corrected chi connectivity index (χ3v) is 6.22. The molecule has 2 aliphatic rings. The molecule has 0 radical (unpaired) electrons. The predicted octanol–water partition coefficient (Wildman–Crippen LogP) is 3.41. The number of aliphatic hydroxyl groups excluding tert-OH is 1. The van der Waals surface area contributed by atoms with Crippen LogP contribution < -0.4 is 20.3 Å². The van der Waals surface area contributed by atoms with Gasteiger partial charge in [-0.1, -0.05) is 18.2 Å². The Labute approximate surface area is 198 Å². The maximum absolute atomic E-state index is 12.7. The number of phenolic OH excluding ortho intramolecular Hbond substituents is 1. The summed E-state index contributed by atoms with van der Waals surface area (Å²) in [7, 11) is 0. The van der Waals surface area contributed by atoms with Gasteiger partial charge in [-0.05, 0) is 46.2 Å². The second-order valence-corrected chi connectivity index (χ2v) is 9.83. The van der Waals surface area contributed by atoms with E-state index in [9.17, 15) is 19.8 Å². The Morgan fingerprint density at radius 3 is 2.74 bits per heavy atom. The van der Waals surface area contributed by atoms with Crippen molar-refractivity contribution in [2.75, 3.05) is 29.9 Å². The molecular formula is C25H31N3O6. The molecule has 9 heteroatoms. The molecule has 4 N–H and O–H groups in total. The van der Waals surface area contributed by atoms with Gasteiger partial charge in [0.2, 0.25) is 0 Å². The number of fused-ring (bicyclic) bond motifs is 2. The average molecular weight is 470 g/mol. The molecule has 1 unspecified atom stereocenters. The van der Waals surface area contributed by atoms with Crippen molar-refractivity contribution in [1.82, 2.24) is 5.32 Å². The number of benzene rings is 2. The van der Waals surface area contributed by atoms with Crippen LogP contribution in [0.3, 0.4) is 0 Å². The van der Waals surface area contributed by atoms with Gasteiger partial charge in [-0.2, -0.15) is 0 Å². The SMILES string of the molecule is CC(C)(CCN1C(=O)OC(C)(C)c2ccccc21)NCC(O)c1cc(O)cc2c1OCC(=O)N2. The molecule has 0 spiro atoms. The van der Waals surface area contributed by atoms with E-state index in [1.807, 2.05) is 52.0 Å². The number of carbonyl (C=O) groups is 2. The van der Waals surface area contributed by atoms with Crippen LogP contribution in [0.15, 0.2) is 36.4 Å². The number of hydrogen-bond donors (Lipinski definition) is 4. The molecule has 0 bridgehead atoms. The van der Waals surface area contributed by atoms with E-state index in [-0.39, 0.29) is 30.9 Å². The number of anilines is 2. The molecule has 9 nitrogen and oxygen atoms in total. The molecule has 0 aromatic heterocycles. The van der Waals surface area contributed by atoms with E-state index in [4.69, 9.17) is 9.47 Å². The van der Waals surface area contributed by atoms with E-state index in [1.54, 1.807) is 4.90 Å². The number of phenols is 1. The first-order chi connectivity index (χ1) is 16.0. The summed E-state index contributed by atoms with van der Waals surface area (Å²) in [6.45, 7) is 8.18. The summed E-state index contributed by atoms with van der Waals surface area (Å²) in [5.41, 5.74) is 1.38. The minimum atomic E-state index is -0.989. The smallest absolute Gasteiger partial charge is 0.415 e. The lowest BCUT2D eigenvalue weighted by molar-refractivity contribution is -0.118. The van der Waals surface area contributed by atoms with Crippen molar-refractivity contribution >= 4 is 23.4 Å². The van der Waals surface area contributed by atoms with Crippen LogP contribution in [-0.2, 0) is 15.1 Å². The standard InChI is InChI=1S/C25H31N3O6/c1-24(2,9-10-28-19-8-6-5-7-17(19)25(3,4)34-23(28)32)26-13-20(30)16-11-15(29)12-18-22(16)33-14-21(31)27-18/h5-8,11-12,20,26,29-30H,9-10,13-14H2,1-4H3,(H,27,31). The summed E-state index contributed by atoms with van der Waals surface area (Å²) in [6.07, 6.45) is -0.782. The van der Waals surface area contributed by atoms with Crippen molar-refractivity contribution in [2.24, 2.45) is 0 Å². The number of rotatable bonds is 7. The van der Waals surface area contributed by atoms with Gasteiger partial charge in [0.25, 0.3) is 5.91 Å². The number of aromatic hydroxyl groups is 1. The van der Waals surface area contributed by atoms with Crippen LogP contribution in [0.25, 0.3) is 0 Å². The van der Waals surface area contributed by atoms with Gasteiger partial charge >= 0.3 is 6.09 Å². The first-order valence-corrected chi connectivity index (χ1v) is 11.3. The molecule has 0 saturated carbocycles. The van der Waals surface area contributed by atoms with Crippen molar-refractivity contribution in [3.05, 3.63) is 47.5 Å². The zero-order valence-corrected chi connectivity index (χ0v) is 19.8. The molecule has 2 aromatic rings. The highest BCUT2D eigenvalue weighted by atomic mass is 16.6. The molecule has 0 aliphatic carbocycles. The zero-order valence-electron chi connectivity index (χ0n) is 19.8. The monoisotopic (exact) mass is 469 g/mol. The van der Waals surface area contributed by atoms with Crippen LogP contribution in [-0.4, -0.2) is 47.4 Å². The Morgan fingerprint density at radius 1 is 1.24 bits per heavy atom. The van der Waals surface area contributed by atoms with Crippen LogP contribution in [0.2, 0.25) is 0 Å². The summed E-state index contributed by atoms with van der Waals surface area (Å²) >= 11 is 0. The van der Waals surface area contributed by atoms with Gasteiger partial charge in [0, 0.05) is 35.8 Å². The number of aliphatic hydroxyl groups is 1. The number of ether oxygens (including phenoxy) is 2. The molecule has 0 fully saturated rings. The normalized spacial score (nSPS) is 17.7. The topological polar surface area (TPSA) is 120 Å². The van der Waals surface area contributed by atoms with E-state index < -0.39 is 17.2 Å². The summed E-state index contributed by atoms with van der Waals surface area (Å²) in [6, 6.07) is 10.5. The number of nitrogens with zero attached hydrogens (tertiary/aromatic N) is 1. The number of cyclic esters (lactones) is 1. The second kappa shape index (κ2) is 8.81. The number of para-hydroxylation sites is 1. The van der Waals surface area contributed by atoms with Gasteiger partial charge in [0.1, 0.15) is 17.1 Å². The molecule has 2 amide bonds. The lowest BCUT2D eigenvalue weighted by Crippen LogP contribution is -2.48. The second-order valence-electron chi connectivity index (χ2n) is 9.83. The number of nitrogens with one attached hydrogen (secondary N) is 2. The highest BCUT2D eigenvalue weighted by Gasteiger charge is 2.38. The van der Waals surface area contributed by atoms with E-state index in [1.165, 1.54) is 12.1 Å². The summed E-state index contributed by atoms with van der Waals surface area (Å²) in [5, 5.41) is 26.8. The van der Waals surface area contributed by atoms with Crippen LogP contribution in [0.5, 0.6) is 11.5 Å². The third kappa shape index (κ3) is 4.80. The quantitative estimate of drug-likeness (QED) is 0.490. The lowest BCUT2D eigenvalue weighted by Gasteiger charge is -2.39. The largest absolute Gasteiger partial charge is 0.508 e. The third-order valence-electron chi connectivity index (χ3n) is 6.22. The van der Waals surface area contributed by atoms with Crippen LogP contribution in [0.4, 0.5) is 16.2 Å². The first-order valence-electron chi connectivity index (χ1n) is 11.3. The average Bonchev–Trinajstić information content (AvgIpc) is 2.76. The maximum atomic E-state index is 12.7. The molecule has 34 heavy (non-hydrogen) atoms. The summed E-state index contributed by atoms with van der Waals surface area (Å²) in [5.74, 6) is -0.0538. The number of hydrogen-bond acceptors (Lipinski definition) is 7. The lowest BCUT2D eigenvalue weighted by atomic mass is 9.93. The van der Waals surface area contributed by atoms with E-state index >= 15 is 0 Å². The van der Waals surface area contributed by atoms with E-state index in [0.29, 0.717) is 30.0 Å². The highest BCUT2D eigenvalue weighted by molar-refractivity contribution is 5.96. The fourth-order valence-corrected chi connectivity index (χ4v) is 4.28. The fraction of sp³-hybridized carbons (Fsp3) is 0.440. The Hall–Kier alpha value is -3.30. The Bertz CT molecular complexity index is 1110. The van der Waals surface area contributed by atoms with Crippen molar-refractivity contribution in [2.45, 2.75) is 51.4 Å². The van der Waals surface area contributed by atoms with Gasteiger partial charge in [-0.15, -0.1) is 0 Å². The minimum Gasteiger partial charge on any atom is -0.508 e. The molecule has 182 valence electrons. The zero-order chi connectivity index (χ0) is 24.7. The Morgan fingerprint density at radius 2 is 1.97 bits per heavy atom. The van der Waals surface area contributed by atoms with E-state index in [2.05, 4.69) is 10.6 Å². The molecule has 4 rings (SSSR count). The van der Waals surface area contributed by atoms with Gasteiger partial charge in [0.05, 0.1) is 17.5 Å². The van der Waals surface area contributed by atoms with Crippen molar-refractivity contribution in [3.8, 4) is 11.5 Å². The Kier molecular flexibility index (Phi) is 6.18. The highest BCUT2D eigenvalue weighted by Crippen LogP contribution is 2.40. The number of amides is 2. The van der Waals surface area contributed by atoms with Crippen molar-refractivity contribution in [3.63, 3.8) is 0 Å². The first kappa shape index (κ1) is 23.8. The van der Waals surface area contributed by atoms with Crippen molar-refractivity contribution < 1.29 is 29.3 Å². The van der Waals surface area contributed by atoms with Gasteiger partial charge in [0.15, 0.2) is 6.61 Å². The van der Waals surface area contributed by atoms with Crippen LogP contribution >= 0.6 is 0 Å². The summed E-state index contributed by atoms with van der Waals surface area (Å²) < 4.78 is 11.2. The van der Waals surface area contributed by atoms with Crippen LogP contribution in [0, 0.1) is 0 Å². The summed E-state index contributed by atoms with van der Waals surface area (Å²) in [4.78, 5) is 25.9. The molecule has 2 heterocycles.